The molecule has 2 bridgehead atoms. The molecule has 5 heteroatoms. The van der Waals surface area contributed by atoms with Gasteiger partial charge in [-0.3, -0.25) is 9.59 Å². The minimum absolute atomic E-state index is 0.0706. The molecule has 2 aliphatic heterocycles. The van der Waals surface area contributed by atoms with E-state index >= 15 is 0 Å². The summed E-state index contributed by atoms with van der Waals surface area (Å²) in [5, 5.41) is 9.06. The van der Waals surface area contributed by atoms with Gasteiger partial charge in [-0.15, -0.1) is 0 Å². The van der Waals surface area contributed by atoms with Crippen molar-refractivity contribution in [1.82, 2.24) is 4.90 Å². The SMILES string of the molecule is CC[C@@H](N)C(=O)N1C2CCC1C(C(=O)O)C2. The summed E-state index contributed by atoms with van der Waals surface area (Å²) >= 11 is 0. The summed E-state index contributed by atoms with van der Waals surface area (Å²) in [6, 6.07) is -0.487. The van der Waals surface area contributed by atoms with Crippen LogP contribution in [0.1, 0.15) is 32.6 Å². The van der Waals surface area contributed by atoms with Crippen LogP contribution < -0.4 is 5.73 Å². The number of hydrogen-bond donors (Lipinski definition) is 2. The minimum Gasteiger partial charge on any atom is -0.481 e. The van der Waals surface area contributed by atoms with Gasteiger partial charge in [0.05, 0.1) is 12.0 Å². The number of fused-ring (bicyclic) bond motifs is 2. The van der Waals surface area contributed by atoms with E-state index in [0.717, 1.165) is 12.8 Å². The highest BCUT2D eigenvalue weighted by Crippen LogP contribution is 2.42. The van der Waals surface area contributed by atoms with Crippen molar-refractivity contribution in [1.29, 1.82) is 0 Å². The second-order valence-corrected chi connectivity index (χ2v) is 4.74. The van der Waals surface area contributed by atoms with Gasteiger partial charge in [0, 0.05) is 12.1 Å². The molecule has 0 aromatic heterocycles. The number of amides is 1. The molecule has 4 atom stereocenters. The predicted octanol–water partition coefficient (Wildman–Crippen LogP) is 0.188. The molecular formula is C11H18N2O3. The Balaban J connectivity index is 2.13. The fourth-order valence-electron chi connectivity index (χ4n) is 2.96. The molecule has 0 aliphatic carbocycles. The molecule has 0 saturated carbocycles. The van der Waals surface area contributed by atoms with Gasteiger partial charge in [-0.1, -0.05) is 6.92 Å². The summed E-state index contributed by atoms with van der Waals surface area (Å²) < 4.78 is 0. The van der Waals surface area contributed by atoms with E-state index < -0.39 is 12.0 Å². The first-order valence-electron chi connectivity index (χ1n) is 5.86. The van der Waals surface area contributed by atoms with Crippen LogP contribution in [-0.2, 0) is 9.59 Å². The van der Waals surface area contributed by atoms with E-state index in [1.54, 1.807) is 4.90 Å². The predicted molar refractivity (Wildman–Crippen MR) is 57.7 cm³/mol. The van der Waals surface area contributed by atoms with Gasteiger partial charge >= 0.3 is 5.97 Å². The van der Waals surface area contributed by atoms with E-state index in [9.17, 15) is 9.59 Å². The minimum atomic E-state index is -0.782. The molecule has 2 fully saturated rings. The van der Waals surface area contributed by atoms with Gasteiger partial charge in [0.25, 0.3) is 0 Å². The number of aliphatic carboxylic acids is 1. The molecule has 16 heavy (non-hydrogen) atoms. The van der Waals surface area contributed by atoms with Crippen LogP contribution in [0.3, 0.4) is 0 Å². The number of rotatable bonds is 3. The lowest BCUT2D eigenvalue weighted by molar-refractivity contribution is -0.143. The third-order valence-corrected chi connectivity index (χ3v) is 3.87. The van der Waals surface area contributed by atoms with Crippen LogP contribution in [0.15, 0.2) is 0 Å². The zero-order chi connectivity index (χ0) is 11.9. The van der Waals surface area contributed by atoms with E-state index in [0.29, 0.717) is 12.8 Å². The van der Waals surface area contributed by atoms with Crippen molar-refractivity contribution < 1.29 is 14.7 Å². The molecule has 2 aliphatic rings. The van der Waals surface area contributed by atoms with E-state index in [2.05, 4.69) is 0 Å². The van der Waals surface area contributed by atoms with Crippen molar-refractivity contribution in [2.75, 3.05) is 0 Å². The zero-order valence-electron chi connectivity index (χ0n) is 9.43. The van der Waals surface area contributed by atoms with Gasteiger partial charge < -0.3 is 15.7 Å². The number of carbonyl (C=O) groups is 2. The third kappa shape index (κ3) is 1.59. The smallest absolute Gasteiger partial charge is 0.308 e. The highest BCUT2D eigenvalue weighted by atomic mass is 16.4. The van der Waals surface area contributed by atoms with Crippen molar-refractivity contribution in [2.24, 2.45) is 11.7 Å². The third-order valence-electron chi connectivity index (χ3n) is 3.87. The fraction of sp³-hybridized carbons (Fsp3) is 0.818. The van der Waals surface area contributed by atoms with Gasteiger partial charge in [0.1, 0.15) is 0 Å². The number of nitrogens with zero attached hydrogens (tertiary/aromatic N) is 1. The van der Waals surface area contributed by atoms with E-state index in [1.165, 1.54) is 0 Å². The molecule has 2 saturated heterocycles. The maximum atomic E-state index is 12.0. The lowest BCUT2D eigenvalue weighted by atomic mass is 9.89. The maximum Gasteiger partial charge on any atom is 0.308 e. The fourth-order valence-corrected chi connectivity index (χ4v) is 2.96. The molecular weight excluding hydrogens is 208 g/mol. The number of carboxylic acid groups (broad SMARTS) is 1. The van der Waals surface area contributed by atoms with Gasteiger partial charge in [-0.05, 0) is 25.7 Å². The lowest BCUT2D eigenvalue weighted by Gasteiger charge is -2.25. The topological polar surface area (TPSA) is 83.6 Å². The molecule has 1 amide bonds. The van der Waals surface area contributed by atoms with Gasteiger partial charge in [0.2, 0.25) is 5.91 Å². The molecule has 2 heterocycles. The van der Waals surface area contributed by atoms with Crippen LogP contribution in [0.5, 0.6) is 0 Å². The van der Waals surface area contributed by atoms with Gasteiger partial charge in [-0.25, -0.2) is 0 Å². The first-order valence-corrected chi connectivity index (χ1v) is 5.86. The Morgan fingerprint density at radius 2 is 2.19 bits per heavy atom. The summed E-state index contributed by atoms with van der Waals surface area (Å²) in [6.07, 6.45) is 2.94. The average Bonchev–Trinajstić information content (AvgIpc) is 2.83. The van der Waals surface area contributed by atoms with Crippen LogP contribution in [-0.4, -0.2) is 40.0 Å². The summed E-state index contributed by atoms with van der Waals surface area (Å²) in [7, 11) is 0. The Morgan fingerprint density at radius 1 is 1.50 bits per heavy atom. The molecule has 3 N–H and O–H groups in total. The average molecular weight is 226 g/mol. The van der Waals surface area contributed by atoms with Crippen LogP contribution in [0.25, 0.3) is 0 Å². The standard InChI is InChI=1S/C11H18N2O3/c1-2-8(12)10(14)13-6-3-4-9(13)7(5-6)11(15)16/h6-9H,2-5,12H2,1H3,(H,15,16)/t6?,7?,8-,9?/m1/s1. The first kappa shape index (κ1) is 11.4. The van der Waals surface area contributed by atoms with Gasteiger partial charge in [-0.2, -0.15) is 0 Å². The summed E-state index contributed by atoms with van der Waals surface area (Å²) in [6.45, 7) is 1.87. The molecule has 90 valence electrons. The molecule has 0 aromatic carbocycles. The number of hydrogen-bond acceptors (Lipinski definition) is 3. The van der Waals surface area contributed by atoms with Crippen LogP contribution in [0.4, 0.5) is 0 Å². The molecule has 0 radical (unpaired) electrons. The number of nitrogens with two attached hydrogens (primary N) is 1. The van der Waals surface area contributed by atoms with Crippen LogP contribution in [0, 0.1) is 5.92 Å². The van der Waals surface area contributed by atoms with E-state index in [-0.39, 0.29) is 23.9 Å². The normalized spacial score (nSPS) is 34.1. The van der Waals surface area contributed by atoms with Crippen molar-refractivity contribution in [3.05, 3.63) is 0 Å². The molecule has 5 nitrogen and oxygen atoms in total. The maximum absolute atomic E-state index is 12.0. The van der Waals surface area contributed by atoms with E-state index in [1.807, 2.05) is 6.92 Å². The Bertz CT molecular complexity index is 318. The Hall–Kier alpha value is -1.10. The number of carboxylic acids is 1. The van der Waals surface area contributed by atoms with Gasteiger partial charge in [0.15, 0.2) is 0 Å². The van der Waals surface area contributed by atoms with E-state index in [4.69, 9.17) is 10.8 Å². The Labute approximate surface area is 94.6 Å². The molecule has 3 unspecified atom stereocenters. The van der Waals surface area contributed by atoms with Crippen LogP contribution in [0.2, 0.25) is 0 Å². The quantitative estimate of drug-likeness (QED) is 0.719. The highest BCUT2D eigenvalue weighted by Gasteiger charge is 2.51. The second-order valence-electron chi connectivity index (χ2n) is 4.74. The summed E-state index contributed by atoms with van der Waals surface area (Å²) in [5.41, 5.74) is 5.73. The Kier molecular flexibility index (Phi) is 2.88. The molecule has 0 spiro atoms. The monoisotopic (exact) mass is 226 g/mol. The first-order chi connectivity index (χ1) is 7.56. The second kappa shape index (κ2) is 4.05. The van der Waals surface area contributed by atoms with Crippen LogP contribution >= 0.6 is 0 Å². The van der Waals surface area contributed by atoms with Crippen molar-refractivity contribution >= 4 is 11.9 Å². The largest absolute Gasteiger partial charge is 0.481 e. The summed E-state index contributed by atoms with van der Waals surface area (Å²) in [4.78, 5) is 24.8. The zero-order valence-corrected chi connectivity index (χ0v) is 9.43. The Morgan fingerprint density at radius 3 is 2.69 bits per heavy atom. The molecule has 2 rings (SSSR count). The number of carbonyl (C=O) groups excluding carboxylic acids is 1. The van der Waals surface area contributed by atoms with Crippen molar-refractivity contribution in [3.8, 4) is 0 Å². The highest BCUT2D eigenvalue weighted by molar-refractivity contribution is 5.84. The summed E-state index contributed by atoms with van der Waals surface area (Å²) in [5.74, 6) is -1.24. The van der Waals surface area contributed by atoms with Crippen molar-refractivity contribution in [3.63, 3.8) is 0 Å². The lowest BCUT2D eigenvalue weighted by Crippen LogP contribution is -2.46. The molecule has 0 aromatic rings. The van der Waals surface area contributed by atoms with Crippen molar-refractivity contribution in [2.45, 2.75) is 50.7 Å².